The van der Waals surface area contributed by atoms with E-state index < -0.39 is 0 Å². The molecule has 0 saturated carbocycles. The first-order chi connectivity index (χ1) is 7.17. The lowest BCUT2D eigenvalue weighted by molar-refractivity contribution is 0.617. The normalized spacial score (nSPS) is 12.8. The topological polar surface area (TPSA) is 12.0 Å². The first kappa shape index (κ1) is 12.6. The standard InChI is InChI=1S/C13H21NS/c1-10-5-6-12(7-11(10)2)8-13(14-3)9-15-4/h5-7,13-14H,8-9H2,1-4H3. The molecule has 0 bridgehead atoms. The molecule has 1 aromatic carbocycles. The van der Waals surface area contributed by atoms with E-state index in [0.717, 1.165) is 6.42 Å². The molecule has 0 aliphatic carbocycles. The average Bonchev–Trinajstić information content (AvgIpc) is 2.23. The minimum atomic E-state index is 0.585. The largest absolute Gasteiger partial charge is 0.316 e. The highest BCUT2D eigenvalue weighted by Crippen LogP contribution is 2.12. The van der Waals surface area contributed by atoms with Gasteiger partial charge >= 0.3 is 0 Å². The lowest BCUT2D eigenvalue weighted by atomic mass is 10.0. The monoisotopic (exact) mass is 223 g/mol. The maximum Gasteiger partial charge on any atom is 0.0195 e. The molecule has 0 amide bonds. The number of thioether (sulfide) groups is 1. The molecule has 0 saturated heterocycles. The Morgan fingerprint density at radius 3 is 2.53 bits per heavy atom. The maximum atomic E-state index is 3.36. The second kappa shape index (κ2) is 6.19. The van der Waals surface area contributed by atoms with E-state index in [9.17, 15) is 0 Å². The molecular formula is C13H21NS. The van der Waals surface area contributed by atoms with Gasteiger partial charge < -0.3 is 5.32 Å². The van der Waals surface area contributed by atoms with Gasteiger partial charge in [-0.2, -0.15) is 11.8 Å². The average molecular weight is 223 g/mol. The molecule has 15 heavy (non-hydrogen) atoms. The third kappa shape index (κ3) is 3.88. The lowest BCUT2D eigenvalue weighted by Crippen LogP contribution is -2.29. The molecule has 0 fully saturated rings. The Bertz CT molecular complexity index is 309. The van der Waals surface area contributed by atoms with Crippen molar-refractivity contribution >= 4 is 11.8 Å². The Morgan fingerprint density at radius 2 is 2.00 bits per heavy atom. The highest BCUT2D eigenvalue weighted by Gasteiger charge is 2.06. The molecular weight excluding hydrogens is 202 g/mol. The van der Waals surface area contributed by atoms with Gasteiger partial charge in [-0.15, -0.1) is 0 Å². The van der Waals surface area contributed by atoms with Gasteiger partial charge in [0, 0.05) is 11.8 Å². The molecule has 0 aliphatic heterocycles. The number of hydrogen-bond acceptors (Lipinski definition) is 2. The van der Waals surface area contributed by atoms with Crippen molar-refractivity contribution in [3.8, 4) is 0 Å². The van der Waals surface area contributed by atoms with E-state index in [-0.39, 0.29) is 0 Å². The van der Waals surface area contributed by atoms with E-state index in [1.807, 2.05) is 18.8 Å². The van der Waals surface area contributed by atoms with Crippen molar-refractivity contribution in [3.63, 3.8) is 0 Å². The Hall–Kier alpha value is -0.470. The van der Waals surface area contributed by atoms with Crippen LogP contribution in [0.5, 0.6) is 0 Å². The van der Waals surface area contributed by atoms with Crippen LogP contribution in [0.2, 0.25) is 0 Å². The minimum absolute atomic E-state index is 0.585. The van der Waals surface area contributed by atoms with E-state index in [1.54, 1.807) is 0 Å². The third-order valence-electron chi connectivity index (χ3n) is 2.83. The zero-order valence-corrected chi connectivity index (χ0v) is 10.9. The van der Waals surface area contributed by atoms with Gasteiger partial charge in [-0.3, -0.25) is 0 Å². The van der Waals surface area contributed by atoms with Gasteiger partial charge in [0.1, 0.15) is 0 Å². The molecule has 0 heterocycles. The number of rotatable bonds is 5. The number of likely N-dealkylation sites (N-methyl/N-ethyl adjacent to an activating group) is 1. The summed E-state index contributed by atoms with van der Waals surface area (Å²) in [7, 11) is 2.04. The fourth-order valence-electron chi connectivity index (χ4n) is 1.66. The van der Waals surface area contributed by atoms with E-state index in [4.69, 9.17) is 0 Å². The van der Waals surface area contributed by atoms with Crippen LogP contribution in [0.15, 0.2) is 18.2 Å². The second-order valence-corrected chi connectivity index (χ2v) is 4.97. The molecule has 0 aliphatic rings. The van der Waals surface area contributed by atoms with Gasteiger partial charge in [-0.05, 0) is 50.3 Å². The number of benzene rings is 1. The Morgan fingerprint density at radius 1 is 1.27 bits per heavy atom. The number of aryl methyl sites for hydroxylation is 2. The van der Waals surface area contributed by atoms with Crippen LogP contribution in [0.1, 0.15) is 16.7 Å². The van der Waals surface area contributed by atoms with E-state index >= 15 is 0 Å². The minimum Gasteiger partial charge on any atom is -0.316 e. The summed E-state index contributed by atoms with van der Waals surface area (Å²) in [5.41, 5.74) is 4.21. The Labute approximate surface area is 97.7 Å². The molecule has 84 valence electrons. The number of nitrogens with one attached hydrogen (secondary N) is 1. The molecule has 0 aromatic heterocycles. The fraction of sp³-hybridized carbons (Fsp3) is 0.538. The van der Waals surface area contributed by atoms with Crippen molar-refractivity contribution in [1.29, 1.82) is 0 Å². The van der Waals surface area contributed by atoms with Crippen molar-refractivity contribution in [1.82, 2.24) is 5.32 Å². The van der Waals surface area contributed by atoms with Gasteiger partial charge in [0.05, 0.1) is 0 Å². The SMILES string of the molecule is CNC(CSC)Cc1ccc(C)c(C)c1. The van der Waals surface area contributed by atoms with Gasteiger partial charge in [-0.1, -0.05) is 18.2 Å². The van der Waals surface area contributed by atoms with E-state index in [2.05, 4.69) is 43.6 Å². The van der Waals surface area contributed by atoms with Crippen molar-refractivity contribution < 1.29 is 0 Å². The predicted molar refractivity (Wildman–Crippen MR) is 70.8 cm³/mol. The van der Waals surface area contributed by atoms with E-state index in [1.165, 1.54) is 22.4 Å². The van der Waals surface area contributed by atoms with Gasteiger partial charge in [0.15, 0.2) is 0 Å². The van der Waals surface area contributed by atoms with Crippen molar-refractivity contribution in [2.24, 2.45) is 0 Å². The summed E-state index contributed by atoms with van der Waals surface area (Å²) >= 11 is 1.90. The second-order valence-electron chi connectivity index (χ2n) is 4.06. The highest BCUT2D eigenvalue weighted by molar-refractivity contribution is 7.98. The predicted octanol–water partition coefficient (Wildman–Crippen LogP) is 2.80. The first-order valence-corrected chi connectivity index (χ1v) is 6.79. The van der Waals surface area contributed by atoms with Crippen LogP contribution in [0.25, 0.3) is 0 Å². The molecule has 1 atom stereocenters. The van der Waals surface area contributed by atoms with Crippen LogP contribution in [0, 0.1) is 13.8 Å². The third-order valence-corrected chi connectivity index (χ3v) is 3.57. The lowest BCUT2D eigenvalue weighted by Gasteiger charge is -2.15. The summed E-state index contributed by atoms with van der Waals surface area (Å²) in [5.74, 6) is 1.17. The zero-order valence-electron chi connectivity index (χ0n) is 10.1. The molecule has 1 unspecified atom stereocenters. The van der Waals surface area contributed by atoms with Crippen LogP contribution < -0.4 is 5.32 Å². The van der Waals surface area contributed by atoms with Crippen LogP contribution in [-0.2, 0) is 6.42 Å². The van der Waals surface area contributed by atoms with Gasteiger partial charge in [0.25, 0.3) is 0 Å². The first-order valence-electron chi connectivity index (χ1n) is 5.39. The quantitative estimate of drug-likeness (QED) is 0.824. The van der Waals surface area contributed by atoms with Crippen LogP contribution in [0.3, 0.4) is 0 Å². The van der Waals surface area contributed by atoms with Crippen molar-refractivity contribution in [2.75, 3.05) is 19.1 Å². The maximum absolute atomic E-state index is 3.36. The van der Waals surface area contributed by atoms with Gasteiger partial charge in [0.2, 0.25) is 0 Å². The van der Waals surface area contributed by atoms with Gasteiger partial charge in [-0.25, -0.2) is 0 Å². The molecule has 1 aromatic rings. The van der Waals surface area contributed by atoms with Crippen LogP contribution >= 0.6 is 11.8 Å². The van der Waals surface area contributed by atoms with Crippen LogP contribution in [-0.4, -0.2) is 25.1 Å². The molecule has 2 heteroatoms. The summed E-state index contributed by atoms with van der Waals surface area (Å²) in [6.45, 7) is 4.35. The smallest absolute Gasteiger partial charge is 0.0195 e. The Kier molecular flexibility index (Phi) is 5.20. The van der Waals surface area contributed by atoms with Crippen molar-refractivity contribution in [2.45, 2.75) is 26.3 Å². The summed E-state index contributed by atoms with van der Waals surface area (Å²) in [5, 5.41) is 3.36. The Balaban J connectivity index is 2.66. The molecule has 1 rings (SSSR count). The molecule has 0 radical (unpaired) electrons. The summed E-state index contributed by atoms with van der Waals surface area (Å²) in [6, 6.07) is 7.35. The van der Waals surface area contributed by atoms with E-state index in [0.29, 0.717) is 6.04 Å². The van der Waals surface area contributed by atoms with Crippen molar-refractivity contribution in [3.05, 3.63) is 34.9 Å². The summed E-state index contributed by atoms with van der Waals surface area (Å²) < 4.78 is 0. The fourth-order valence-corrected chi connectivity index (χ4v) is 2.35. The molecule has 1 nitrogen and oxygen atoms in total. The highest BCUT2D eigenvalue weighted by atomic mass is 32.2. The molecule has 1 N–H and O–H groups in total. The molecule has 0 spiro atoms. The summed E-state index contributed by atoms with van der Waals surface area (Å²) in [4.78, 5) is 0. The zero-order chi connectivity index (χ0) is 11.3. The number of hydrogen-bond donors (Lipinski definition) is 1. The summed E-state index contributed by atoms with van der Waals surface area (Å²) in [6.07, 6.45) is 3.28. The van der Waals surface area contributed by atoms with Crippen LogP contribution in [0.4, 0.5) is 0 Å².